The fraction of sp³-hybridized carbons (Fsp3) is 0.478. The molecular formula is C23H29Cl2N5O. The number of carbonyl (C=O) groups excluding carboxylic acids is 1. The van der Waals surface area contributed by atoms with Crippen LogP contribution in [0.3, 0.4) is 0 Å². The molecule has 2 fully saturated rings. The zero-order chi connectivity index (χ0) is 21.8. The second-order valence-electron chi connectivity index (χ2n) is 8.48. The Balaban J connectivity index is 1.22. The van der Waals surface area contributed by atoms with Gasteiger partial charge in [-0.15, -0.1) is 0 Å². The molecule has 0 radical (unpaired) electrons. The number of nitrogens with two attached hydrogens (primary N) is 1. The summed E-state index contributed by atoms with van der Waals surface area (Å²) in [6.45, 7) is 6.82. The number of carbonyl (C=O) groups is 1. The molecular weight excluding hydrogens is 433 g/mol. The second-order valence-corrected chi connectivity index (χ2v) is 9.32. The molecule has 0 saturated carbocycles. The van der Waals surface area contributed by atoms with Gasteiger partial charge in [0.05, 0.1) is 0 Å². The topological polar surface area (TPSA) is 65.7 Å². The van der Waals surface area contributed by atoms with Crippen LogP contribution >= 0.6 is 23.2 Å². The van der Waals surface area contributed by atoms with Crippen LogP contribution in [-0.4, -0.2) is 64.9 Å². The van der Waals surface area contributed by atoms with Gasteiger partial charge >= 0.3 is 0 Å². The Kier molecular flexibility index (Phi) is 7.33. The van der Waals surface area contributed by atoms with Crippen molar-refractivity contribution in [2.45, 2.75) is 25.9 Å². The number of piperazine rings is 1. The molecule has 3 heterocycles. The van der Waals surface area contributed by atoms with E-state index in [9.17, 15) is 4.79 Å². The van der Waals surface area contributed by atoms with Crippen LogP contribution in [-0.2, 0) is 17.9 Å². The number of anilines is 1. The number of benzene rings is 1. The van der Waals surface area contributed by atoms with Gasteiger partial charge in [0.25, 0.3) is 0 Å². The van der Waals surface area contributed by atoms with Crippen LogP contribution in [0.5, 0.6) is 0 Å². The van der Waals surface area contributed by atoms with E-state index < -0.39 is 0 Å². The minimum atomic E-state index is 0.135. The highest BCUT2D eigenvalue weighted by Gasteiger charge is 2.30. The van der Waals surface area contributed by atoms with E-state index >= 15 is 0 Å². The van der Waals surface area contributed by atoms with Gasteiger partial charge in [-0.25, -0.2) is 4.98 Å². The Morgan fingerprint density at radius 3 is 2.35 bits per heavy atom. The zero-order valence-electron chi connectivity index (χ0n) is 17.6. The van der Waals surface area contributed by atoms with Gasteiger partial charge in [0.15, 0.2) is 0 Å². The van der Waals surface area contributed by atoms with Crippen molar-refractivity contribution >= 4 is 34.9 Å². The summed E-state index contributed by atoms with van der Waals surface area (Å²) in [5.41, 5.74) is 8.03. The number of halogens is 2. The molecule has 0 spiro atoms. The predicted octanol–water partition coefficient (Wildman–Crippen LogP) is 3.53. The Labute approximate surface area is 193 Å². The first-order chi connectivity index (χ1) is 15.0. The minimum absolute atomic E-state index is 0.135. The zero-order valence-corrected chi connectivity index (χ0v) is 19.2. The van der Waals surface area contributed by atoms with Gasteiger partial charge in [-0.3, -0.25) is 14.6 Å². The standard InChI is InChI=1S/C23H29Cl2N5O/c24-20-2-1-19(21(25)14-20)16-29-9-11-30(12-10-29)23(31)18-4-7-28(8-5-18)15-17-3-6-27-22(26)13-17/h1-3,6,13-14,18H,4-5,7-12,15-16H2,(H2,26,27). The van der Waals surface area contributed by atoms with Gasteiger partial charge < -0.3 is 10.6 Å². The number of hydrogen-bond acceptors (Lipinski definition) is 5. The number of nitrogens with zero attached hydrogens (tertiary/aromatic N) is 4. The molecule has 4 rings (SSSR count). The molecule has 2 aliphatic heterocycles. The van der Waals surface area contributed by atoms with E-state index in [-0.39, 0.29) is 5.92 Å². The molecule has 2 aromatic rings. The maximum atomic E-state index is 13.0. The van der Waals surface area contributed by atoms with Gasteiger partial charge in [-0.1, -0.05) is 29.3 Å². The lowest BCUT2D eigenvalue weighted by atomic mass is 9.94. The van der Waals surface area contributed by atoms with Crippen molar-refractivity contribution in [2.24, 2.45) is 5.92 Å². The van der Waals surface area contributed by atoms with E-state index in [0.29, 0.717) is 21.8 Å². The van der Waals surface area contributed by atoms with Crippen molar-refractivity contribution in [3.63, 3.8) is 0 Å². The Hall–Kier alpha value is -1.86. The average Bonchev–Trinajstić information content (AvgIpc) is 2.76. The molecule has 1 aromatic carbocycles. The number of aromatic nitrogens is 1. The van der Waals surface area contributed by atoms with Crippen LogP contribution in [0.2, 0.25) is 10.0 Å². The molecule has 31 heavy (non-hydrogen) atoms. The van der Waals surface area contributed by atoms with Crippen molar-refractivity contribution in [1.82, 2.24) is 19.7 Å². The van der Waals surface area contributed by atoms with Crippen LogP contribution in [0.25, 0.3) is 0 Å². The van der Waals surface area contributed by atoms with E-state index in [1.807, 2.05) is 29.2 Å². The summed E-state index contributed by atoms with van der Waals surface area (Å²) in [6.07, 6.45) is 3.58. The van der Waals surface area contributed by atoms with Crippen LogP contribution in [0.4, 0.5) is 5.82 Å². The highest BCUT2D eigenvalue weighted by molar-refractivity contribution is 6.35. The fourth-order valence-electron chi connectivity index (χ4n) is 4.46. The lowest BCUT2D eigenvalue weighted by molar-refractivity contribution is -0.139. The van der Waals surface area contributed by atoms with E-state index in [1.165, 1.54) is 5.56 Å². The fourth-order valence-corrected chi connectivity index (χ4v) is 4.93. The Morgan fingerprint density at radius 2 is 1.68 bits per heavy atom. The first-order valence-corrected chi connectivity index (χ1v) is 11.6. The lowest BCUT2D eigenvalue weighted by Crippen LogP contribution is -2.51. The van der Waals surface area contributed by atoms with Gasteiger partial charge in [-0.05, 0) is 61.3 Å². The van der Waals surface area contributed by atoms with E-state index in [1.54, 1.807) is 12.3 Å². The van der Waals surface area contributed by atoms with Crippen molar-refractivity contribution in [3.05, 3.63) is 57.7 Å². The number of hydrogen-bond donors (Lipinski definition) is 1. The molecule has 0 bridgehead atoms. The Morgan fingerprint density at radius 1 is 0.968 bits per heavy atom. The van der Waals surface area contributed by atoms with Gasteiger partial charge in [-0.2, -0.15) is 0 Å². The third-order valence-corrected chi connectivity index (χ3v) is 6.87. The first-order valence-electron chi connectivity index (χ1n) is 10.9. The maximum absolute atomic E-state index is 13.0. The summed E-state index contributed by atoms with van der Waals surface area (Å²) >= 11 is 12.3. The van der Waals surface area contributed by atoms with E-state index in [2.05, 4.69) is 14.8 Å². The molecule has 0 unspecified atom stereocenters. The number of nitrogen functional groups attached to an aromatic ring is 1. The number of pyridine rings is 1. The number of rotatable bonds is 5. The smallest absolute Gasteiger partial charge is 0.225 e. The third kappa shape index (κ3) is 5.89. The molecule has 2 N–H and O–H groups in total. The van der Waals surface area contributed by atoms with Gasteiger partial charge in [0.2, 0.25) is 5.91 Å². The van der Waals surface area contributed by atoms with Crippen LogP contribution in [0.15, 0.2) is 36.5 Å². The molecule has 1 amide bonds. The first kappa shape index (κ1) is 22.3. The monoisotopic (exact) mass is 461 g/mol. The highest BCUT2D eigenvalue weighted by atomic mass is 35.5. The summed E-state index contributed by atoms with van der Waals surface area (Å²) in [7, 11) is 0. The molecule has 6 nitrogen and oxygen atoms in total. The number of amides is 1. The lowest BCUT2D eigenvalue weighted by Gasteiger charge is -2.38. The molecule has 8 heteroatoms. The molecule has 1 aromatic heterocycles. The van der Waals surface area contributed by atoms with Crippen molar-refractivity contribution in [1.29, 1.82) is 0 Å². The largest absolute Gasteiger partial charge is 0.384 e. The summed E-state index contributed by atoms with van der Waals surface area (Å²) in [4.78, 5) is 23.9. The SMILES string of the molecule is Nc1cc(CN2CCC(C(=O)N3CCN(Cc4ccc(Cl)cc4Cl)CC3)CC2)ccn1. The van der Waals surface area contributed by atoms with Crippen LogP contribution in [0, 0.1) is 5.92 Å². The summed E-state index contributed by atoms with van der Waals surface area (Å²) in [5, 5.41) is 1.35. The third-order valence-electron chi connectivity index (χ3n) is 6.28. The van der Waals surface area contributed by atoms with E-state index in [0.717, 1.165) is 70.8 Å². The predicted molar refractivity (Wildman–Crippen MR) is 125 cm³/mol. The Bertz CT molecular complexity index is 909. The summed E-state index contributed by atoms with van der Waals surface area (Å²) < 4.78 is 0. The number of piperidine rings is 1. The molecule has 166 valence electrons. The molecule has 0 aliphatic carbocycles. The van der Waals surface area contributed by atoms with Gasteiger partial charge in [0, 0.05) is 61.4 Å². The van der Waals surface area contributed by atoms with E-state index in [4.69, 9.17) is 28.9 Å². The molecule has 2 saturated heterocycles. The summed E-state index contributed by atoms with van der Waals surface area (Å²) in [6, 6.07) is 9.57. The number of likely N-dealkylation sites (tertiary alicyclic amines) is 1. The van der Waals surface area contributed by atoms with Crippen molar-refractivity contribution in [3.8, 4) is 0 Å². The molecule has 2 aliphatic rings. The van der Waals surface area contributed by atoms with Gasteiger partial charge in [0.1, 0.15) is 5.82 Å². The van der Waals surface area contributed by atoms with Crippen LogP contribution < -0.4 is 5.73 Å². The second kappa shape index (κ2) is 10.2. The maximum Gasteiger partial charge on any atom is 0.225 e. The summed E-state index contributed by atoms with van der Waals surface area (Å²) in [5.74, 6) is 1.01. The van der Waals surface area contributed by atoms with Crippen molar-refractivity contribution < 1.29 is 4.79 Å². The normalized spacial score (nSPS) is 19.0. The van der Waals surface area contributed by atoms with Crippen molar-refractivity contribution in [2.75, 3.05) is 45.0 Å². The average molecular weight is 462 g/mol. The minimum Gasteiger partial charge on any atom is -0.384 e. The quantitative estimate of drug-likeness (QED) is 0.737. The molecule has 0 atom stereocenters. The van der Waals surface area contributed by atoms with Crippen LogP contribution in [0.1, 0.15) is 24.0 Å². The highest BCUT2D eigenvalue weighted by Crippen LogP contribution is 2.24.